The van der Waals surface area contributed by atoms with Gasteiger partial charge in [0, 0.05) is 5.39 Å². The molecule has 0 saturated heterocycles. The second-order valence-electron chi connectivity index (χ2n) is 6.45. The van der Waals surface area contributed by atoms with Gasteiger partial charge >= 0.3 is 11.9 Å². The van der Waals surface area contributed by atoms with Crippen LogP contribution in [0, 0.1) is 0 Å². The molecule has 1 N–H and O–H groups in total. The van der Waals surface area contributed by atoms with E-state index in [0.717, 1.165) is 40.1 Å². The lowest BCUT2D eigenvalue weighted by Gasteiger charge is -2.09. The number of fused-ring (bicyclic) bond motifs is 3. The van der Waals surface area contributed by atoms with Gasteiger partial charge in [-0.2, -0.15) is 13.2 Å². The van der Waals surface area contributed by atoms with Gasteiger partial charge in [-0.1, -0.05) is 12.1 Å². The first-order chi connectivity index (χ1) is 14.3. The summed E-state index contributed by atoms with van der Waals surface area (Å²) in [6.07, 6.45) is -4.59. The van der Waals surface area contributed by atoms with E-state index in [1.807, 2.05) is 17.5 Å². The van der Waals surface area contributed by atoms with Crippen LogP contribution in [0.15, 0.2) is 63.5 Å². The van der Waals surface area contributed by atoms with Crippen molar-refractivity contribution < 1.29 is 13.2 Å². The number of benzene rings is 1. The fourth-order valence-corrected chi connectivity index (χ4v) is 4.98. The molecule has 5 nitrogen and oxygen atoms in total. The molecule has 0 bridgehead atoms. The van der Waals surface area contributed by atoms with E-state index in [9.17, 15) is 22.8 Å². The molecule has 0 aliphatic heterocycles. The Morgan fingerprint density at radius 2 is 1.87 bits per heavy atom. The number of halogens is 3. The van der Waals surface area contributed by atoms with Gasteiger partial charge in [0.2, 0.25) is 0 Å². The third kappa shape index (κ3) is 2.96. The average Bonchev–Trinajstić information content (AvgIpc) is 3.35. The summed E-state index contributed by atoms with van der Waals surface area (Å²) in [7, 11) is 0. The summed E-state index contributed by atoms with van der Waals surface area (Å²) < 4.78 is 40.1. The zero-order valence-corrected chi connectivity index (χ0v) is 16.5. The molecule has 10 heteroatoms. The molecule has 5 rings (SSSR count). The number of H-pyrrole nitrogens is 1. The molecule has 4 heterocycles. The Labute approximate surface area is 173 Å². The number of hydrogen-bond donors (Lipinski definition) is 1. The van der Waals surface area contributed by atoms with Gasteiger partial charge in [-0.25, -0.2) is 14.3 Å². The molecule has 0 spiro atoms. The largest absolute Gasteiger partial charge is 0.416 e. The lowest BCUT2D eigenvalue weighted by atomic mass is 10.2. The molecule has 0 radical (unpaired) electrons. The summed E-state index contributed by atoms with van der Waals surface area (Å²) >= 11 is 2.62. The molecule has 0 amide bonds. The van der Waals surface area contributed by atoms with Crippen molar-refractivity contribution in [1.82, 2.24) is 14.5 Å². The SMILES string of the molecule is O=c1[nH]c2c(sc3nc(-c4cccs4)ccc32)c(=O)n1-c1cccc(C(F)(F)F)c1. The van der Waals surface area contributed by atoms with Crippen LogP contribution >= 0.6 is 22.7 Å². The lowest BCUT2D eigenvalue weighted by molar-refractivity contribution is -0.137. The number of alkyl halides is 3. The second kappa shape index (κ2) is 6.64. The molecule has 0 atom stereocenters. The molecule has 30 heavy (non-hydrogen) atoms. The molecule has 1 aromatic carbocycles. The standard InChI is InChI=1S/C20H10F3N3O2S2/c21-20(22,23)10-3-1-4-11(9-10)26-18(27)16-15(25-19(26)28)12-6-7-13(24-17(12)30-16)14-5-2-8-29-14/h1-9H,(H,25,28). The van der Waals surface area contributed by atoms with E-state index in [0.29, 0.717) is 20.3 Å². The van der Waals surface area contributed by atoms with E-state index in [1.54, 1.807) is 12.1 Å². The Balaban J connectivity index is 1.75. The van der Waals surface area contributed by atoms with Crippen LogP contribution in [0.5, 0.6) is 0 Å². The predicted octanol–water partition coefficient (Wildman–Crippen LogP) is 5.04. The smallest absolute Gasteiger partial charge is 0.305 e. The molecular weight excluding hydrogens is 435 g/mol. The summed E-state index contributed by atoms with van der Waals surface area (Å²) in [6.45, 7) is 0. The fraction of sp³-hybridized carbons (Fsp3) is 0.0500. The molecule has 4 aromatic heterocycles. The van der Waals surface area contributed by atoms with Crippen LogP contribution in [0.3, 0.4) is 0 Å². The Kier molecular flexibility index (Phi) is 4.16. The first kappa shape index (κ1) is 18.8. The Morgan fingerprint density at radius 3 is 2.60 bits per heavy atom. The maximum Gasteiger partial charge on any atom is 0.416 e. The number of nitrogens with one attached hydrogen (secondary N) is 1. The average molecular weight is 445 g/mol. The van der Waals surface area contributed by atoms with Crippen molar-refractivity contribution in [2.45, 2.75) is 6.18 Å². The van der Waals surface area contributed by atoms with Crippen LogP contribution in [0.2, 0.25) is 0 Å². The quantitative estimate of drug-likeness (QED) is 0.414. The van der Waals surface area contributed by atoms with Gasteiger partial charge in [0.1, 0.15) is 9.53 Å². The maximum absolute atomic E-state index is 13.1. The predicted molar refractivity (Wildman–Crippen MR) is 112 cm³/mol. The first-order valence-electron chi connectivity index (χ1n) is 8.63. The number of rotatable bonds is 2. The van der Waals surface area contributed by atoms with Crippen molar-refractivity contribution >= 4 is 43.1 Å². The van der Waals surface area contributed by atoms with E-state index >= 15 is 0 Å². The van der Waals surface area contributed by atoms with E-state index in [2.05, 4.69) is 9.97 Å². The minimum atomic E-state index is -4.59. The van der Waals surface area contributed by atoms with Crippen LogP contribution in [-0.2, 0) is 6.18 Å². The van der Waals surface area contributed by atoms with Crippen molar-refractivity contribution in [3.8, 4) is 16.3 Å². The summed E-state index contributed by atoms with van der Waals surface area (Å²) in [4.78, 5) is 34.4. The van der Waals surface area contributed by atoms with Gasteiger partial charge in [0.05, 0.1) is 27.3 Å². The van der Waals surface area contributed by atoms with Crippen molar-refractivity contribution in [2.75, 3.05) is 0 Å². The van der Waals surface area contributed by atoms with E-state index in [1.165, 1.54) is 17.4 Å². The number of aromatic nitrogens is 3. The first-order valence-corrected chi connectivity index (χ1v) is 10.3. The van der Waals surface area contributed by atoms with Crippen molar-refractivity contribution in [2.24, 2.45) is 0 Å². The summed E-state index contributed by atoms with van der Waals surface area (Å²) in [5.74, 6) is 0. The Hall–Kier alpha value is -3.24. The van der Waals surface area contributed by atoms with Gasteiger partial charge < -0.3 is 4.98 Å². The van der Waals surface area contributed by atoms with Crippen molar-refractivity contribution in [1.29, 1.82) is 0 Å². The van der Waals surface area contributed by atoms with Crippen LogP contribution in [0.1, 0.15) is 5.56 Å². The van der Waals surface area contributed by atoms with Crippen LogP contribution in [0.4, 0.5) is 13.2 Å². The summed E-state index contributed by atoms with van der Waals surface area (Å²) in [5.41, 5.74) is -1.52. The number of aromatic amines is 1. The van der Waals surface area contributed by atoms with Crippen LogP contribution < -0.4 is 11.2 Å². The van der Waals surface area contributed by atoms with Crippen LogP contribution in [-0.4, -0.2) is 14.5 Å². The summed E-state index contributed by atoms with van der Waals surface area (Å²) in [5, 5.41) is 2.54. The van der Waals surface area contributed by atoms with Gasteiger partial charge in [-0.15, -0.1) is 22.7 Å². The number of pyridine rings is 1. The van der Waals surface area contributed by atoms with Crippen LogP contribution in [0.25, 0.3) is 36.7 Å². The highest BCUT2D eigenvalue weighted by Gasteiger charge is 2.31. The molecule has 0 unspecified atom stereocenters. The molecule has 0 saturated carbocycles. The minimum Gasteiger partial charge on any atom is -0.305 e. The molecule has 0 aliphatic rings. The van der Waals surface area contributed by atoms with Crippen molar-refractivity contribution in [3.63, 3.8) is 0 Å². The molecule has 5 aromatic rings. The normalized spacial score (nSPS) is 12.1. The number of nitrogens with zero attached hydrogens (tertiary/aromatic N) is 2. The highest BCUT2D eigenvalue weighted by molar-refractivity contribution is 7.25. The Morgan fingerprint density at radius 1 is 1.03 bits per heavy atom. The van der Waals surface area contributed by atoms with E-state index in [-0.39, 0.29) is 10.4 Å². The zero-order chi connectivity index (χ0) is 21.0. The highest BCUT2D eigenvalue weighted by Crippen LogP contribution is 2.33. The Bertz CT molecular complexity index is 1530. The molecular formula is C20H10F3N3O2S2. The minimum absolute atomic E-state index is 0.150. The monoisotopic (exact) mass is 445 g/mol. The lowest BCUT2D eigenvalue weighted by Crippen LogP contribution is -2.33. The van der Waals surface area contributed by atoms with Gasteiger partial charge in [-0.3, -0.25) is 4.79 Å². The molecule has 0 fully saturated rings. The van der Waals surface area contributed by atoms with Gasteiger partial charge in [-0.05, 0) is 41.8 Å². The third-order valence-corrected chi connectivity index (χ3v) is 6.57. The number of hydrogen-bond acceptors (Lipinski definition) is 5. The zero-order valence-electron chi connectivity index (χ0n) is 14.9. The topological polar surface area (TPSA) is 67.8 Å². The van der Waals surface area contributed by atoms with Gasteiger partial charge in [0.25, 0.3) is 5.56 Å². The second-order valence-corrected chi connectivity index (χ2v) is 8.40. The molecule has 0 aliphatic carbocycles. The van der Waals surface area contributed by atoms with Gasteiger partial charge in [0.15, 0.2) is 0 Å². The molecule has 150 valence electrons. The fourth-order valence-electron chi connectivity index (χ4n) is 3.23. The number of thiophene rings is 2. The van der Waals surface area contributed by atoms with E-state index < -0.39 is 23.0 Å². The highest BCUT2D eigenvalue weighted by atomic mass is 32.1. The van der Waals surface area contributed by atoms with E-state index in [4.69, 9.17) is 0 Å². The summed E-state index contributed by atoms with van der Waals surface area (Å²) in [6, 6.07) is 11.5. The maximum atomic E-state index is 13.1. The third-order valence-electron chi connectivity index (χ3n) is 4.59. The van der Waals surface area contributed by atoms with Crippen molar-refractivity contribution in [3.05, 3.63) is 80.3 Å².